The first kappa shape index (κ1) is 19.2. The number of carboxylic acids is 1. The van der Waals surface area contributed by atoms with Gasteiger partial charge >= 0.3 is 5.97 Å². The number of aliphatic carboxylic acids is 1. The van der Waals surface area contributed by atoms with Crippen LogP contribution < -0.4 is 0 Å². The molecule has 30 heavy (non-hydrogen) atoms. The first-order valence-electron chi connectivity index (χ1n) is 10.5. The molecule has 0 saturated heterocycles. The summed E-state index contributed by atoms with van der Waals surface area (Å²) in [5, 5.41) is 19.5. The van der Waals surface area contributed by atoms with E-state index in [1.54, 1.807) is 11.3 Å². The van der Waals surface area contributed by atoms with E-state index in [0.717, 1.165) is 56.8 Å². The highest BCUT2D eigenvalue weighted by atomic mass is 32.1. The molecule has 2 aliphatic carbocycles. The van der Waals surface area contributed by atoms with Crippen LogP contribution in [-0.4, -0.2) is 31.6 Å². The molecule has 0 radical (unpaired) electrons. The molecule has 3 aromatic rings. The van der Waals surface area contributed by atoms with Crippen molar-refractivity contribution in [2.45, 2.75) is 52.0 Å². The van der Waals surface area contributed by atoms with Gasteiger partial charge in [0.15, 0.2) is 5.82 Å². The fourth-order valence-electron chi connectivity index (χ4n) is 4.48. The van der Waals surface area contributed by atoms with Crippen LogP contribution in [0.4, 0.5) is 0 Å². The van der Waals surface area contributed by atoms with Crippen molar-refractivity contribution in [2.24, 2.45) is 10.9 Å². The zero-order chi connectivity index (χ0) is 21.0. The third-order valence-electron chi connectivity index (χ3n) is 6.08. The maximum atomic E-state index is 11.6. The van der Waals surface area contributed by atoms with Crippen LogP contribution in [0.2, 0.25) is 0 Å². The molecule has 1 spiro atoms. The number of thiophene rings is 1. The van der Waals surface area contributed by atoms with Crippen LogP contribution >= 0.6 is 11.3 Å². The lowest BCUT2D eigenvalue weighted by Crippen LogP contribution is -2.15. The molecule has 1 aliphatic heterocycles. The summed E-state index contributed by atoms with van der Waals surface area (Å²) in [5.41, 5.74) is 3.98. The van der Waals surface area contributed by atoms with E-state index < -0.39 is 5.97 Å². The summed E-state index contributed by atoms with van der Waals surface area (Å²) >= 11 is 1.69. The summed E-state index contributed by atoms with van der Waals surface area (Å²) < 4.78 is 2.17. The predicted molar refractivity (Wildman–Crippen MR) is 117 cm³/mol. The van der Waals surface area contributed by atoms with Crippen molar-refractivity contribution >= 4 is 23.0 Å². The van der Waals surface area contributed by atoms with Crippen molar-refractivity contribution in [3.05, 3.63) is 63.5 Å². The van der Waals surface area contributed by atoms with E-state index in [0.29, 0.717) is 12.8 Å². The lowest BCUT2D eigenvalue weighted by atomic mass is 9.97. The Kier molecular flexibility index (Phi) is 4.39. The first-order chi connectivity index (χ1) is 14.6. The number of aromatic nitrogens is 3. The molecule has 0 bridgehead atoms. The standard InChI is InChI=1S/C21H18N4O2S.C2H6/c1-11-23-24-20-21(7-8-21)22-17(12-5-3-2-4-6-12)16-14-9-13(19(26)27)10-15(14)28-18(16)25(11)20;1-2/h2-6,13H,7-10H2,1H3,(H,26,27);1-2H3/t13-;/m0./s1. The number of hydrogen-bond acceptors (Lipinski definition) is 5. The van der Waals surface area contributed by atoms with Gasteiger partial charge in [0.2, 0.25) is 0 Å². The molecule has 6 nitrogen and oxygen atoms in total. The predicted octanol–water partition coefficient (Wildman–Crippen LogP) is 4.30. The zero-order valence-corrected chi connectivity index (χ0v) is 18.2. The summed E-state index contributed by atoms with van der Waals surface area (Å²) in [6.07, 6.45) is 3.09. The number of benzene rings is 1. The molecule has 2 aromatic heterocycles. The molecule has 3 aliphatic rings. The second kappa shape index (κ2) is 6.87. The number of carboxylic acid groups (broad SMARTS) is 1. The van der Waals surface area contributed by atoms with E-state index in [4.69, 9.17) is 4.99 Å². The average molecular weight is 421 g/mol. The van der Waals surface area contributed by atoms with Crippen molar-refractivity contribution in [1.29, 1.82) is 0 Å². The second-order valence-electron chi connectivity index (χ2n) is 7.89. The molecule has 1 fully saturated rings. The number of carbonyl (C=O) groups is 1. The molecular formula is C23H24N4O2S. The van der Waals surface area contributed by atoms with Crippen molar-refractivity contribution < 1.29 is 9.90 Å². The minimum atomic E-state index is -0.719. The number of aryl methyl sites for hydroxylation is 1. The molecule has 6 rings (SSSR count). The lowest BCUT2D eigenvalue weighted by molar-refractivity contribution is -0.141. The Morgan fingerprint density at radius 2 is 1.90 bits per heavy atom. The quantitative estimate of drug-likeness (QED) is 0.670. The Labute approximate surface area is 179 Å². The third-order valence-corrected chi connectivity index (χ3v) is 7.32. The summed E-state index contributed by atoms with van der Waals surface area (Å²) in [7, 11) is 0. The van der Waals surface area contributed by atoms with Gasteiger partial charge in [0, 0.05) is 16.0 Å². The Morgan fingerprint density at radius 3 is 2.57 bits per heavy atom. The van der Waals surface area contributed by atoms with Gasteiger partial charge in [-0.25, -0.2) is 0 Å². The zero-order valence-electron chi connectivity index (χ0n) is 17.3. The van der Waals surface area contributed by atoms with E-state index in [1.807, 2.05) is 39.0 Å². The maximum Gasteiger partial charge on any atom is 0.307 e. The number of nitrogens with zero attached hydrogens (tertiary/aromatic N) is 4. The summed E-state index contributed by atoms with van der Waals surface area (Å²) in [6.45, 7) is 5.98. The smallest absolute Gasteiger partial charge is 0.307 e. The monoisotopic (exact) mass is 420 g/mol. The Morgan fingerprint density at radius 1 is 1.17 bits per heavy atom. The highest BCUT2D eigenvalue weighted by Gasteiger charge is 2.52. The van der Waals surface area contributed by atoms with Crippen LogP contribution in [0.25, 0.3) is 5.00 Å². The van der Waals surface area contributed by atoms with Gasteiger partial charge in [-0.1, -0.05) is 44.2 Å². The normalized spacial score (nSPS) is 19.7. The van der Waals surface area contributed by atoms with Gasteiger partial charge in [-0.15, -0.1) is 21.5 Å². The van der Waals surface area contributed by atoms with Crippen molar-refractivity contribution in [2.75, 3.05) is 0 Å². The van der Waals surface area contributed by atoms with Gasteiger partial charge in [0.1, 0.15) is 16.4 Å². The maximum absolute atomic E-state index is 11.6. The summed E-state index contributed by atoms with van der Waals surface area (Å²) in [4.78, 5) is 18.0. The molecule has 0 unspecified atom stereocenters. The van der Waals surface area contributed by atoms with Crippen molar-refractivity contribution in [3.63, 3.8) is 0 Å². The topological polar surface area (TPSA) is 80.4 Å². The van der Waals surface area contributed by atoms with Crippen LogP contribution in [-0.2, 0) is 23.2 Å². The van der Waals surface area contributed by atoms with Gasteiger partial charge in [-0.05, 0) is 38.2 Å². The molecule has 154 valence electrons. The number of fused-ring (bicyclic) bond motifs is 6. The molecule has 7 heteroatoms. The summed E-state index contributed by atoms with van der Waals surface area (Å²) in [5.74, 6) is 0.723. The van der Waals surface area contributed by atoms with Crippen molar-refractivity contribution in [1.82, 2.24) is 14.8 Å². The van der Waals surface area contributed by atoms with Gasteiger partial charge in [0.25, 0.3) is 0 Å². The van der Waals surface area contributed by atoms with Gasteiger partial charge in [0.05, 0.1) is 11.6 Å². The molecule has 1 aromatic carbocycles. The van der Waals surface area contributed by atoms with E-state index >= 15 is 0 Å². The Balaban J connectivity index is 0.000000937. The molecule has 1 saturated carbocycles. The minimum Gasteiger partial charge on any atom is -0.481 e. The van der Waals surface area contributed by atoms with Crippen molar-refractivity contribution in [3.8, 4) is 5.00 Å². The molecule has 3 heterocycles. The van der Waals surface area contributed by atoms with Crippen LogP contribution in [0.15, 0.2) is 35.3 Å². The molecule has 1 N–H and O–H groups in total. The average Bonchev–Trinajstić information content (AvgIpc) is 3.10. The third kappa shape index (κ3) is 2.68. The number of aliphatic imine (C=N–C) groups is 1. The van der Waals surface area contributed by atoms with Crippen LogP contribution in [0.5, 0.6) is 0 Å². The van der Waals surface area contributed by atoms with E-state index in [9.17, 15) is 9.90 Å². The minimum absolute atomic E-state index is 0.303. The summed E-state index contributed by atoms with van der Waals surface area (Å²) in [6, 6.07) is 10.2. The lowest BCUT2D eigenvalue weighted by Gasteiger charge is -2.11. The van der Waals surface area contributed by atoms with Gasteiger partial charge < -0.3 is 5.11 Å². The van der Waals surface area contributed by atoms with Crippen LogP contribution in [0.3, 0.4) is 0 Å². The van der Waals surface area contributed by atoms with Crippen LogP contribution in [0, 0.1) is 12.8 Å². The number of hydrogen-bond donors (Lipinski definition) is 1. The Bertz CT molecular complexity index is 1170. The largest absolute Gasteiger partial charge is 0.481 e. The fourth-order valence-corrected chi connectivity index (χ4v) is 5.94. The number of rotatable bonds is 2. The highest BCUT2D eigenvalue weighted by molar-refractivity contribution is 7.15. The highest BCUT2D eigenvalue weighted by Crippen LogP contribution is 2.53. The van der Waals surface area contributed by atoms with Crippen LogP contribution in [0.1, 0.15) is 59.9 Å². The Hall–Kier alpha value is -2.80. The molecule has 1 atom stereocenters. The van der Waals surface area contributed by atoms with Gasteiger partial charge in [-0.3, -0.25) is 14.4 Å². The fraction of sp³-hybridized carbons (Fsp3) is 0.391. The van der Waals surface area contributed by atoms with E-state index in [2.05, 4.69) is 26.9 Å². The van der Waals surface area contributed by atoms with Gasteiger partial charge in [-0.2, -0.15) is 0 Å². The first-order valence-corrected chi connectivity index (χ1v) is 11.3. The molecule has 0 amide bonds. The molecular weight excluding hydrogens is 396 g/mol. The van der Waals surface area contributed by atoms with E-state index in [1.165, 1.54) is 0 Å². The second-order valence-corrected chi connectivity index (χ2v) is 8.98. The van der Waals surface area contributed by atoms with E-state index in [-0.39, 0.29) is 11.5 Å². The SMILES string of the molecule is CC.Cc1nnc2n1-c1sc3c(c1C(c1ccccc1)=NC21CC1)C[C@H](C(=O)O)C3.